The molecule has 2 heterocycles. The van der Waals surface area contributed by atoms with Crippen LogP contribution in [0.5, 0.6) is 0 Å². The number of hydrogen-bond acceptors (Lipinski definition) is 7. The van der Waals surface area contributed by atoms with Crippen LogP contribution in [-0.2, 0) is 28.4 Å². The number of anilines is 2. The number of hydrogen-bond donors (Lipinski definition) is 3. The Labute approximate surface area is 191 Å². The molecule has 0 aliphatic rings. The molecule has 0 spiro atoms. The molecule has 0 aliphatic heterocycles. The van der Waals surface area contributed by atoms with Gasteiger partial charge in [0.15, 0.2) is 5.82 Å². The van der Waals surface area contributed by atoms with Crippen molar-refractivity contribution in [3.8, 4) is 0 Å². The van der Waals surface area contributed by atoms with Gasteiger partial charge in [-0.25, -0.2) is 14.6 Å². The molecule has 0 radical (unpaired) electrons. The summed E-state index contributed by atoms with van der Waals surface area (Å²) in [7, 11) is 3.27. The molecule has 12 nitrogen and oxygen atoms in total. The van der Waals surface area contributed by atoms with Crippen LogP contribution in [-0.4, -0.2) is 56.7 Å². The summed E-state index contributed by atoms with van der Waals surface area (Å²) < 4.78 is 13.1. The number of aryl methyl sites for hydroxylation is 2. The fourth-order valence-electron chi connectivity index (χ4n) is 2.78. The number of rotatable bonds is 8. The van der Waals surface area contributed by atoms with Crippen LogP contribution in [0.15, 0.2) is 18.5 Å². The quantitative estimate of drug-likeness (QED) is 0.509. The van der Waals surface area contributed by atoms with Gasteiger partial charge in [-0.15, -0.1) is 0 Å². The molecule has 0 saturated carbocycles. The van der Waals surface area contributed by atoms with Crippen LogP contribution in [0.2, 0.25) is 0 Å². The van der Waals surface area contributed by atoms with E-state index in [9.17, 15) is 19.2 Å². The highest BCUT2D eigenvalue weighted by atomic mass is 16.6. The summed E-state index contributed by atoms with van der Waals surface area (Å²) in [5.74, 6) is -1.11. The highest BCUT2D eigenvalue weighted by Crippen LogP contribution is 2.15. The van der Waals surface area contributed by atoms with E-state index in [0.717, 1.165) is 0 Å². The van der Waals surface area contributed by atoms with Gasteiger partial charge in [0.1, 0.15) is 11.3 Å². The van der Waals surface area contributed by atoms with E-state index in [4.69, 9.17) is 9.47 Å². The lowest BCUT2D eigenvalue weighted by Gasteiger charge is -2.19. The minimum atomic E-state index is -0.644. The van der Waals surface area contributed by atoms with Gasteiger partial charge >= 0.3 is 12.1 Å². The van der Waals surface area contributed by atoms with E-state index in [0.29, 0.717) is 11.4 Å². The Bertz CT molecular complexity index is 1030. The molecule has 180 valence electrons. The molecule has 0 unspecified atom stereocenters. The van der Waals surface area contributed by atoms with E-state index in [2.05, 4.69) is 20.9 Å². The van der Waals surface area contributed by atoms with E-state index in [1.807, 2.05) is 0 Å². The molecular weight excluding hydrogens is 432 g/mol. The Hall–Kier alpha value is -3.83. The van der Waals surface area contributed by atoms with Gasteiger partial charge in [-0.3, -0.25) is 14.9 Å². The van der Waals surface area contributed by atoms with Gasteiger partial charge in [-0.05, 0) is 33.8 Å². The molecule has 0 saturated heterocycles. The van der Waals surface area contributed by atoms with Crippen molar-refractivity contribution in [3.05, 3.63) is 30.0 Å². The zero-order valence-electron chi connectivity index (χ0n) is 19.6. The average molecular weight is 463 g/mol. The smallest absolute Gasteiger partial charge is 0.412 e. The maximum Gasteiger partial charge on any atom is 0.412 e. The van der Waals surface area contributed by atoms with Crippen molar-refractivity contribution in [1.82, 2.24) is 19.4 Å². The summed E-state index contributed by atoms with van der Waals surface area (Å²) in [6.45, 7) is 7.22. The molecule has 3 amide bonds. The van der Waals surface area contributed by atoms with E-state index in [1.165, 1.54) is 16.8 Å². The Balaban J connectivity index is 1.85. The van der Waals surface area contributed by atoms with Gasteiger partial charge in [-0.2, -0.15) is 0 Å². The first-order valence-electron chi connectivity index (χ1n) is 10.3. The van der Waals surface area contributed by atoms with Crippen molar-refractivity contribution in [2.75, 3.05) is 23.8 Å². The van der Waals surface area contributed by atoms with Crippen molar-refractivity contribution in [1.29, 1.82) is 0 Å². The fourth-order valence-corrected chi connectivity index (χ4v) is 2.78. The number of imidazole rings is 1. The first-order chi connectivity index (χ1) is 15.4. The molecule has 12 heteroatoms. The van der Waals surface area contributed by atoms with Crippen LogP contribution >= 0.6 is 0 Å². The summed E-state index contributed by atoms with van der Waals surface area (Å²) in [5.41, 5.74) is 0.0578. The molecule has 2 rings (SSSR count). The number of nitrogens with zero attached hydrogens (tertiary/aromatic N) is 3. The van der Waals surface area contributed by atoms with Crippen LogP contribution < -0.4 is 16.0 Å². The average Bonchev–Trinajstić information content (AvgIpc) is 3.22. The molecule has 2 aromatic rings. The zero-order valence-corrected chi connectivity index (χ0v) is 19.6. The maximum absolute atomic E-state index is 12.4. The molecule has 0 atom stereocenters. The number of amides is 3. The normalized spacial score (nSPS) is 11.0. The van der Waals surface area contributed by atoms with Crippen LogP contribution in [0, 0.1) is 0 Å². The molecule has 3 N–H and O–H groups in total. The maximum atomic E-state index is 12.4. The minimum absolute atomic E-state index is 0.00943. The first kappa shape index (κ1) is 25.4. The lowest BCUT2D eigenvalue weighted by atomic mass is 10.2. The lowest BCUT2D eigenvalue weighted by molar-refractivity contribution is -0.116. The third kappa shape index (κ3) is 7.66. The number of esters is 1. The van der Waals surface area contributed by atoms with Crippen molar-refractivity contribution in [3.63, 3.8) is 0 Å². The molecule has 0 bridgehead atoms. The van der Waals surface area contributed by atoms with Crippen molar-refractivity contribution in [2.24, 2.45) is 14.1 Å². The van der Waals surface area contributed by atoms with Gasteiger partial charge in [0.2, 0.25) is 11.7 Å². The van der Waals surface area contributed by atoms with E-state index >= 15 is 0 Å². The third-order valence-electron chi connectivity index (χ3n) is 4.12. The van der Waals surface area contributed by atoms with Crippen LogP contribution in [0.3, 0.4) is 0 Å². The monoisotopic (exact) mass is 462 g/mol. The van der Waals surface area contributed by atoms with E-state index < -0.39 is 23.6 Å². The summed E-state index contributed by atoms with van der Waals surface area (Å²) in [6, 6.07) is 1.50. The zero-order chi connectivity index (χ0) is 24.8. The second kappa shape index (κ2) is 10.7. The summed E-state index contributed by atoms with van der Waals surface area (Å²) in [5, 5.41) is 7.79. The number of carbonyl (C=O) groups is 4. The summed E-state index contributed by atoms with van der Waals surface area (Å²) in [6.07, 6.45) is 2.43. The number of ether oxygens (including phenoxy) is 2. The molecule has 0 aliphatic carbocycles. The van der Waals surface area contributed by atoms with Gasteiger partial charge in [0.05, 0.1) is 12.3 Å². The molecule has 2 aromatic heterocycles. The second-order valence-corrected chi connectivity index (χ2v) is 8.19. The van der Waals surface area contributed by atoms with Gasteiger partial charge < -0.3 is 29.2 Å². The van der Waals surface area contributed by atoms with Crippen LogP contribution in [0.25, 0.3) is 0 Å². The molecule has 0 fully saturated rings. The third-order valence-corrected chi connectivity index (χ3v) is 4.12. The predicted octanol–water partition coefficient (Wildman–Crippen LogP) is 2.04. The van der Waals surface area contributed by atoms with Gasteiger partial charge in [0.25, 0.3) is 5.91 Å². The van der Waals surface area contributed by atoms with E-state index in [1.54, 1.807) is 52.6 Å². The number of nitrogens with one attached hydrogen (secondary N) is 3. The number of aromatic nitrogens is 3. The van der Waals surface area contributed by atoms with Crippen LogP contribution in [0.4, 0.5) is 16.3 Å². The topological polar surface area (TPSA) is 146 Å². The Kier molecular flexibility index (Phi) is 8.21. The standard InChI is InChI=1S/C21H30N6O6/c1-7-32-19(30)17-25-15(12-27(17)6)24-16(28)8-9-22-18(29)14-10-13(11-26(14)5)23-20(31)33-21(2,3)4/h10-12H,7-9H2,1-6H3,(H,22,29)(H,23,31)(H,24,28). The van der Waals surface area contributed by atoms with Crippen molar-refractivity contribution in [2.45, 2.75) is 39.7 Å². The van der Waals surface area contributed by atoms with Gasteiger partial charge in [-0.1, -0.05) is 0 Å². The van der Waals surface area contributed by atoms with E-state index in [-0.39, 0.29) is 37.1 Å². The summed E-state index contributed by atoms with van der Waals surface area (Å²) in [4.78, 5) is 52.3. The first-order valence-corrected chi connectivity index (χ1v) is 10.3. The highest BCUT2D eigenvalue weighted by molar-refractivity contribution is 5.96. The summed E-state index contributed by atoms with van der Waals surface area (Å²) >= 11 is 0. The van der Waals surface area contributed by atoms with Crippen molar-refractivity contribution < 1.29 is 28.7 Å². The molecule has 33 heavy (non-hydrogen) atoms. The Morgan fingerprint density at radius 2 is 1.76 bits per heavy atom. The Morgan fingerprint density at radius 1 is 1.06 bits per heavy atom. The molecular formula is C21H30N6O6. The predicted molar refractivity (Wildman–Crippen MR) is 120 cm³/mol. The van der Waals surface area contributed by atoms with Crippen molar-refractivity contribution >= 4 is 35.4 Å². The lowest BCUT2D eigenvalue weighted by Crippen LogP contribution is -2.29. The van der Waals surface area contributed by atoms with Gasteiger partial charge in [0, 0.05) is 39.5 Å². The second-order valence-electron chi connectivity index (χ2n) is 8.19. The fraction of sp³-hybridized carbons (Fsp3) is 0.476. The highest BCUT2D eigenvalue weighted by Gasteiger charge is 2.19. The number of carbonyl (C=O) groups excluding carboxylic acids is 4. The largest absolute Gasteiger partial charge is 0.460 e. The molecule has 0 aromatic carbocycles. The minimum Gasteiger partial charge on any atom is -0.460 e. The Morgan fingerprint density at radius 3 is 2.39 bits per heavy atom. The SMILES string of the molecule is CCOC(=O)c1nc(NC(=O)CCNC(=O)c2cc(NC(=O)OC(C)(C)C)cn2C)cn1C. The van der Waals surface area contributed by atoms with Crippen LogP contribution in [0.1, 0.15) is 55.2 Å².